The number of fused-ring (bicyclic) bond motifs is 1. The number of hydrogen-bond acceptors (Lipinski definition) is 1. The number of aromatic carboxylic acids is 1. The summed E-state index contributed by atoms with van der Waals surface area (Å²) in [6.07, 6.45) is 6.93. The number of nitrogens with zero attached hydrogens (tertiary/aromatic N) is 1. The topological polar surface area (TPSA) is 42.2 Å². The van der Waals surface area contributed by atoms with Crippen molar-refractivity contribution in [2.45, 2.75) is 25.7 Å². The van der Waals surface area contributed by atoms with Gasteiger partial charge in [-0.25, -0.2) is 4.79 Å². The van der Waals surface area contributed by atoms with Crippen molar-refractivity contribution in [2.75, 3.05) is 0 Å². The lowest BCUT2D eigenvalue weighted by molar-refractivity contribution is 0.0697. The minimum Gasteiger partial charge on any atom is -0.478 e. The third-order valence-corrected chi connectivity index (χ3v) is 4.67. The smallest absolute Gasteiger partial charge is 0.335 e. The van der Waals surface area contributed by atoms with E-state index in [4.69, 9.17) is 0 Å². The molecule has 0 amide bonds. The SMILES string of the molecule is O=C(O)c1ccc2c(c1)cc(-c1ccccc1)n2C1=CCCCC1. The summed E-state index contributed by atoms with van der Waals surface area (Å²) in [5.41, 5.74) is 5.00. The maximum atomic E-state index is 11.3. The normalized spacial score (nSPS) is 14.6. The van der Waals surface area contributed by atoms with Gasteiger partial charge in [0.1, 0.15) is 0 Å². The molecule has 1 aromatic heterocycles. The molecule has 1 aliphatic carbocycles. The predicted molar refractivity (Wildman–Crippen MR) is 97.1 cm³/mol. The van der Waals surface area contributed by atoms with Gasteiger partial charge in [0.15, 0.2) is 0 Å². The fourth-order valence-corrected chi connectivity index (χ4v) is 3.50. The van der Waals surface area contributed by atoms with Crippen molar-refractivity contribution in [1.82, 2.24) is 4.57 Å². The summed E-state index contributed by atoms with van der Waals surface area (Å²) >= 11 is 0. The molecule has 0 atom stereocenters. The van der Waals surface area contributed by atoms with Crippen LogP contribution in [0.5, 0.6) is 0 Å². The van der Waals surface area contributed by atoms with Crippen LogP contribution in [0, 0.1) is 0 Å². The lowest BCUT2D eigenvalue weighted by atomic mass is 10.0. The maximum absolute atomic E-state index is 11.3. The highest BCUT2D eigenvalue weighted by Crippen LogP contribution is 2.35. The summed E-state index contributed by atoms with van der Waals surface area (Å²) in [6.45, 7) is 0. The van der Waals surface area contributed by atoms with Crippen molar-refractivity contribution in [2.24, 2.45) is 0 Å². The Balaban J connectivity index is 1.98. The Morgan fingerprint density at radius 3 is 2.54 bits per heavy atom. The highest BCUT2D eigenvalue weighted by Gasteiger charge is 2.16. The van der Waals surface area contributed by atoms with Crippen LogP contribution in [0.25, 0.3) is 27.9 Å². The third-order valence-electron chi connectivity index (χ3n) is 4.67. The minimum atomic E-state index is -0.886. The van der Waals surface area contributed by atoms with Gasteiger partial charge in [-0.1, -0.05) is 36.4 Å². The number of carboxylic acid groups (broad SMARTS) is 1. The third kappa shape index (κ3) is 2.52. The first kappa shape index (κ1) is 14.8. The van der Waals surface area contributed by atoms with E-state index in [0.29, 0.717) is 5.56 Å². The monoisotopic (exact) mass is 317 g/mol. The molecule has 3 heteroatoms. The molecule has 0 spiro atoms. The van der Waals surface area contributed by atoms with Crippen molar-refractivity contribution in [3.05, 3.63) is 66.2 Å². The van der Waals surface area contributed by atoms with Gasteiger partial charge in [0, 0.05) is 11.1 Å². The second-order valence-corrected chi connectivity index (χ2v) is 6.25. The Hall–Kier alpha value is -2.81. The van der Waals surface area contributed by atoms with Crippen molar-refractivity contribution in [1.29, 1.82) is 0 Å². The van der Waals surface area contributed by atoms with E-state index in [1.54, 1.807) is 12.1 Å². The second kappa shape index (κ2) is 6.00. The molecule has 4 rings (SSSR count). The van der Waals surface area contributed by atoms with Crippen molar-refractivity contribution < 1.29 is 9.90 Å². The molecular formula is C21H19NO2. The molecule has 0 saturated carbocycles. The lowest BCUT2D eigenvalue weighted by Crippen LogP contribution is -2.03. The van der Waals surface area contributed by atoms with E-state index in [9.17, 15) is 9.90 Å². The van der Waals surface area contributed by atoms with E-state index in [1.165, 1.54) is 18.5 Å². The summed E-state index contributed by atoms with van der Waals surface area (Å²) in [5.74, 6) is -0.886. The molecule has 0 unspecified atom stereocenters. The average molecular weight is 317 g/mol. The molecule has 24 heavy (non-hydrogen) atoms. The van der Waals surface area contributed by atoms with Gasteiger partial charge in [0.05, 0.1) is 16.8 Å². The van der Waals surface area contributed by atoms with E-state index in [-0.39, 0.29) is 0 Å². The first-order valence-corrected chi connectivity index (χ1v) is 8.38. The standard InChI is InChI=1S/C21H19NO2/c23-21(24)16-11-12-19-17(13-16)14-20(15-7-3-1-4-8-15)22(19)18-9-5-2-6-10-18/h1,3-4,7-9,11-14H,2,5-6,10H2,(H,23,24). The van der Waals surface area contributed by atoms with Gasteiger partial charge in [-0.05, 0) is 55.5 Å². The van der Waals surface area contributed by atoms with E-state index >= 15 is 0 Å². The first-order chi connectivity index (χ1) is 11.7. The van der Waals surface area contributed by atoms with E-state index in [1.807, 2.05) is 24.3 Å². The fourth-order valence-electron chi connectivity index (χ4n) is 3.50. The van der Waals surface area contributed by atoms with Crippen LogP contribution in [-0.4, -0.2) is 15.6 Å². The van der Waals surface area contributed by atoms with Crippen molar-refractivity contribution in [3.8, 4) is 11.3 Å². The van der Waals surface area contributed by atoms with Crippen LogP contribution in [0.4, 0.5) is 0 Å². The van der Waals surface area contributed by atoms with Crippen LogP contribution < -0.4 is 0 Å². The number of carboxylic acids is 1. The molecule has 0 bridgehead atoms. The number of hydrogen-bond donors (Lipinski definition) is 1. The molecule has 2 aromatic carbocycles. The summed E-state index contributed by atoms with van der Waals surface area (Å²) in [5, 5.41) is 10.2. The summed E-state index contributed by atoms with van der Waals surface area (Å²) in [6, 6.07) is 17.8. The zero-order valence-electron chi connectivity index (χ0n) is 13.4. The summed E-state index contributed by atoms with van der Waals surface area (Å²) < 4.78 is 2.30. The molecule has 0 radical (unpaired) electrons. The second-order valence-electron chi connectivity index (χ2n) is 6.25. The number of benzene rings is 2. The Bertz CT molecular complexity index is 935. The van der Waals surface area contributed by atoms with Crippen LogP contribution in [0.2, 0.25) is 0 Å². The number of aromatic nitrogens is 1. The van der Waals surface area contributed by atoms with Crippen LogP contribution >= 0.6 is 0 Å². The Kier molecular flexibility index (Phi) is 3.69. The molecule has 0 saturated heterocycles. The quantitative estimate of drug-likeness (QED) is 0.700. The molecule has 1 heterocycles. The predicted octanol–water partition coefficient (Wildman–Crippen LogP) is 5.42. The van der Waals surface area contributed by atoms with Gasteiger partial charge in [-0.3, -0.25) is 0 Å². The van der Waals surface area contributed by atoms with Crippen LogP contribution in [-0.2, 0) is 0 Å². The minimum absolute atomic E-state index is 0.330. The number of carbonyl (C=O) groups is 1. The van der Waals surface area contributed by atoms with Crippen molar-refractivity contribution in [3.63, 3.8) is 0 Å². The zero-order chi connectivity index (χ0) is 16.5. The van der Waals surface area contributed by atoms with E-state index < -0.39 is 5.97 Å². The molecule has 1 aliphatic rings. The molecule has 0 fully saturated rings. The molecule has 120 valence electrons. The Morgan fingerprint density at radius 1 is 1.00 bits per heavy atom. The van der Waals surface area contributed by atoms with Gasteiger partial charge < -0.3 is 9.67 Å². The molecular weight excluding hydrogens is 298 g/mol. The van der Waals surface area contributed by atoms with Gasteiger partial charge in [-0.15, -0.1) is 0 Å². The van der Waals surface area contributed by atoms with E-state index in [2.05, 4.69) is 28.8 Å². The van der Waals surface area contributed by atoms with Crippen LogP contribution in [0.15, 0.2) is 60.7 Å². The van der Waals surface area contributed by atoms with Crippen molar-refractivity contribution >= 4 is 22.6 Å². The first-order valence-electron chi connectivity index (χ1n) is 8.38. The molecule has 0 aliphatic heterocycles. The summed E-state index contributed by atoms with van der Waals surface area (Å²) in [4.78, 5) is 11.3. The van der Waals surface area contributed by atoms with Gasteiger partial charge in [-0.2, -0.15) is 0 Å². The number of allylic oxidation sites excluding steroid dienone is 2. The van der Waals surface area contributed by atoms with Gasteiger partial charge in [0.25, 0.3) is 0 Å². The highest BCUT2D eigenvalue weighted by atomic mass is 16.4. The number of rotatable bonds is 3. The van der Waals surface area contributed by atoms with Gasteiger partial charge >= 0.3 is 5.97 Å². The Labute approximate surface area is 140 Å². The lowest BCUT2D eigenvalue weighted by Gasteiger charge is -2.18. The van der Waals surface area contributed by atoms with Crippen LogP contribution in [0.3, 0.4) is 0 Å². The van der Waals surface area contributed by atoms with Crippen LogP contribution in [0.1, 0.15) is 36.0 Å². The highest BCUT2D eigenvalue weighted by molar-refractivity contribution is 5.97. The average Bonchev–Trinajstić information content (AvgIpc) is 3.01. The van der Waals surface area contributed by atoms with Gasteiger partial charge in [0.2, 0.25) is 0 Å². The maximum Gasteiger partial charge on any atom is 0.335 e. The Morgan fingerprint density at radius 2 is 1.83 bits per heavy atom. The fraction of sp³-hybridized carbons (Fsp3) is 0.190. The van der Waals surface area contributed by atoms with E-state index in [0.717, 1.165) is 35.0 Å². The largest absolute Gasteiger partial charge is 0.478 e. The molecule has 3 nitrogen and oxygen atoms in total. The molecule has 3 aromatic rings. The summed E-state index contributed by atoms with van der Waals surface area (Å²) in [7, 11) is 0. The zero-order valence-corrected chi connectivity index (χ0v) is 13.4. The molecule has 1 N–H and O–H groups in total.